The first kappa shape index (κ1) is 19.2. The summed E-state index contributed by atoms with van der Waals surface area (Å²) in [6, 6.07) is 0.702. The molecule has 0 radical (unpaired) electrons. The first-order valence-electron chi connectivity index (χ1n) is 9.86. The highest BCUT2D eigenvalue weighted by Crippen LogP contribution is 2.23. The van der Waals surface area contributed by atoms with E-state index in [0.29, 0.717) is 12.1 Å². The summed E-state index contributed by atoms with van der Waals surface area (Å²) in [5.41, 5.74) is 0. The lowest BCUT2D eigenvalue weighted by Crippen LogP contribution is -2.49. The normalized spacial score (nSPS) is 28.0. The number of hydrogen-bond acceptors (Lipinski definition) is 4. The lowest BCUT2D eigenvalue weighted by atomic mass is 9.89. The van der Waals surface area contributed by atoms with Gasteiger partial charge < -0.3 is 15.0 Å². The Morgan fingerprint density at radius 1 is 1.04 bits per heavy atom. The molecule has 2 fully saturated rings. The Hall–Kier alpha value is -0.160. The van der Waals surface area contributed by atoms with Crippen LogP contribution in [0.4, 0.5) is 0 Å². The summed E-state index contributed by atoms with van der Waals surface area (Å²) in [4.78, 5) is 5.16. The smallest absolute Gasteiger partial charge is 0.0605 e. The van der Waals surface area contributed by atoms with Crippen LogP contribution in [0, 0.1) is 11.8 Å². The van der Waals surface area contributed by atoms with Gasteiger partial charge in [-0.15, -0.1) is 0 Å². The number of hydrogen-bond donors (Lipinski definition) is 1. The predicted molar refractivity (Wildman–Crippen MR) is 97.9 cm³/mol. The Morgan fingerprint density at radius 2 is 1.70 bits per heavy atom. The molecule has 2 rings (SSSR count). The lowest BCUT2D eigenvalue weighted by molar-refractivity contribution is -0.0284. The third-order valence-electron chi connectivity index (χ3n) is 5.40. The van der Waals surface area contributed by atoms with Crippen LogP contribution in [0.3, 0.4) is 0 Å². The molecule has 4 nitrogen and oxygen atoms in total. The minimum Gasteiger partial charge on any atom is -0.377 e. The van der Waals surface area contributed by atoms with Gasteiger partial charge in [-0.2, -0.15) is 0 Å². The minimum atomic E-state index is 0.506. The molecular weight excluding hydrogens is 286 g/mol. The number of rotatable bonds is 10. The van der Waals surface area contributed by atoms with E-state index in [9.17, 15) is 0 Å². The molecule has 0 aromatic rings. The van der Waals surface area contributed by atoms with Crippen molar-refractivity contribution in [3.8, 4) is 0 Å². The van der Waals surface area contributed by atoms with Gasteiger partial charge in [-0.25, -0.2) is 0 Å². The Balaban J connectivity index is 1.45. The largest absolute Gasteiger partial charge is 0.377 e. The van der Waals surface area contributed by atoms with E-state index in [1.807, 2.05) is 0 Å². The Bertz CT molecular complexity index is 310. The molecule has 136 valence electrons. The van der Waals surface area contributed by atoms with Crippen molar-refractivity contribution in [2.24, 2.45) is 11.8 Å². The molecule has 0 spiro atoms. The first-order valence-corrected chi connectivity index (χ1v) is 9.86. The van der Waals surface area contributed by atoms with Gasteiger partial charge in [0.25, 0.3) is 0 Å². The van der Waals surface area contributed by atoms with E-state index < -0.39 is 0 Å². The number of ether oxygens (including phenoxy) is 1. The van der Waals surface area contributed by atoms with E-state index >= 15 is 0 Å². The maximum Gasteiger partial charge on any atom is 0.0605 e. The minimum absolute atomic E-state index is 0.506. The molecule has 2 aliphatic rings. The summed E-state index contributed by atoms with van der Waals surface area (Å²) in [5, 5.41) is 3.66. The number of piperazine rings is 1. The average molecular weight is 326 g/mol. The predicted octanol–water partition coefficient (Wildman–Crippen LogP) is 2.44. The van der Waals surface area contributed by atoms with Crippen LogP contribution in [0.5, 0.6) is 0 Å². The molecule has 0 amide bonds. The second kappa shape index (κ2) is 9.97. The summed E-state index contributed by atoms with van der Waals surface area (Å²) >= 11 is 0. The molecule has 1 heterocycles. The van der Waals surface area contributed by atoms with E-state index in [-0.39, 0.29) is 0 Å². The first-order chi connectivity index (χ1) is 11.1. The summed E-state index contributed by atoms with van der Waals surface area (Å²) < 4.78 is 6.04. The molecule has 1 unspecified atom stereocenters. The Labute approximate surface area is 143 Å². The van der Waals surface area contributed by atoms with Gasteiger partial charge in [-0.1, -0.05) is 34.1 Å². The number of nitrogens with zero attached hydrogens (tertiary/aromatic N) is 2. The SMILES string of the molecule is CCC(C)CNC1CC(OCCN2CCN(CC(C)C)CC2)C1. The monoisotopic (exact) mass is 325 g/mol. The van der Waals surface area contributed by atoms with E-state index in [4.69, 9.17) is 4.74 Å². The van der Waals surface area contributed by atoms with E-state index in [2.05, 4.69) is 42.8 Å². The fraction of sp³-hybridized carbons (Fsp3) is 1.00. The topological polar surface area (TPSA) is 27.7 Å². The van der Waals surface area contributed by atoms with Gasteiger partial charge in [0.15, 0.2) is 0 Å². The van der Waals surface area contributed by atoms with Crippen molar-refractivity contribution < 1.29 is 4.74 Å². The molecule has 0 aromatic carbocycles. The summed E-state index contributed by atoms with van der Waals surface area (Å²) in [5.74, 6) is 1.58. The van der Waals surface area contributed by atoms with Crippen molar-refractivity contribution >= 4 is 0 Å². The quantitative estimate of drug-likeness (QED) is 0.668. The van der Waals surface area contributed by atoms with Crippen LogP contribution in [-0.2, 0) is 4.74 Å². The molecular formula is C19H39N3O. The molecule has 0 aromatic heterocycles. The standard InChI is InChI=1S/C19H39N3O/c1-5-17(4)14-20-18-12-19(13-18)23-11-10-21-6-8-22(9-7-21)15-16(2)3/h16-20H,5-15H2,1-4H3. The zero-order valence-electron chi connectivity index (χ0n) is 15.9. The molecule has 1 saturated heterocycles. The van der Waals surface area contributed by atoms with Crippen LogP contribution >= 0.6 is 0 Å². The maximum absolute atomic E-state index is 6.04. The molecule has 4 heteroatoms. The second-order valence-corrected chi connectivity index (χ2v) is 8.12. The molecule has 1 aliphatic heterocycles. The zero-order chi connectivity index (χ0) is 16.7. The maximum atomic E-state index is 6.04. The van der Waals surface area contributed by atoms with Crippen molar-refractivity contribution in [1.82, 2.24) is 15.1 Å². The third-order valence-corrected chi connectivity index (χ3v) is 5.40. The number of nitrogens with one attached hydrogen (secondary N) is 1. The highest BCUT2D eigenvalue weighted by atomic mass is 16.5. The van der Waals surface area contributed by atoms with Crippen LogP contribution in [0.1, 0.15) is 47.0 Å². The molecule has 0 bridgehead atoms. The van der Waals surface area contributed by atoms with Gasteiger partial charge in [-0.05, 0) is 31.2 Å². The van der Waals surface area contributed by atoms with Crippen molar-refractivity contribution in [2.75, 3.05) is 52.4 Å². The zero-order valence-corrected chi connectivity index (χ0v) is 15.9. The van der Waals surface area contributed by atoms with Crippen LogP contribution in [-0.4, -0.2) is 74.4 Å². The van der Waals surface area contributed by atoms with Crippen LogP contribution in [0.2, 0.25) is 0 Å². The molecule has 1 saturated carbocycles. The highest BCUT2D eigenvalue weighted by molar-refractivity contribution is 4.86. The van der Waals surface area contributed by atoms with Gasteiger partial charge in [-0.3, -0.25) is 4.90 Å². The van der Waals surface area contributed by atoms with E-state index in [0.717, 1.165) is 31.5 Å². The van der Waals surface area contributed by atoms with Gasteiger partial charge in [0.1, 0.15) is 0 Å². The summed E-state index contributed by atoms with van der Waals surface area (Å²) in [6.45, 7) is 18.5. The molecule has 1 N–H and O–H groups in total. The van der Waals surface area contributed by atoms with Gasteiger partial charge in [0.05, 0.1) is 12.7 Å². The Kier molecular flexibility index (Phi) is 8.31. The van der Waals surface area contributed by atoms with Crippen molar-refractivity contribution in [3.05, 3.63) is 0 Å². The Morgan fingerprint density at radius 3 is 2.30 bits per heavy atom. The fourth-order valence-corrected chi connectivity index (χ4v) is 3.44. The average Bonchev–Trinajstić information content (AvgIpc) is 2.49. The van der Waals surface area contributed by atoms with Crippen LogP contribution in [0.15, 0.2) is 0 Å². The van der Waals surface area contributed by atoms with E-state index in [1.54, 1.807) is 0 Å². The molecule has 23 heavy (non-hydrogen) atoms. The lowest BCUT2D eigenvalue weighted by Gasteiger charge is -2.38. The van der Waals surface area contributed by atoms with Crippen molar-refractivity contribution in [3.63, 3.8) is 0 Å². The summed E-state index contributed by atoms with van der Waals surface area (Å²) in [7, 11) is 0. The van der Waals surface area contributed by atoms with E-state index in [1.165, 1.54) is 52.0 Å². The van der Waals surface area contributed by atoms with Crippen molar-refractivity contribution in [1.29, 1.82) is 0 Å². The molecule has 1 atom stereocenters. The van der Waals surface area contributed by atoms with Crippen LogP contribution in [0.25, 0.3) is 0 Å². The fourth-order valence-electron chi connectivity index (χ4n) is 3.44. The second-order valence-electron chi connectivity index (χ2n) is 8.12. The molecule has 1 aliphatic carbocycles. The third kappa shape index (κ3) is 7.08. The van der Waals surface area contributed by atoms with Gasteiger partial charge in [0, 0.05) is 45.3 Å². The van der Waals surface area contributed by atoms with Crippen molar-refractivity contribution in [2.45, 2.75) is 59.1 Å². The van der Waals surface area contributed by atoms with Gasteiger partial charge >= 0.3 is 0 Å². The summed E-state index contributed by atoms with van der Waals surface area (Å²) in [6.07, 6.45) is 4.19. The van der Waals surface area contributed by atoms with Gasteiger partial charge in [0.2, 0.25) is 0 Å². The van der Waals surface area contributed by atoms with Crippen LogP contribution < -0.4 is 5.32 Å². The highest BCUT2D eigenvalue weighted by Gasteiger charge is 2.29.